The van der Waals surface area contributed by atoms with E-state index in [0.717, 1.165) is 48.3 Å². The normalized spacial score (nSPS) is 32.2. The second-order valence-electron chi connectivity index (χ2n) is 12.2. The Bertz CT molecular complexity index is 1400. The molecule has 2 aromatic heterocycles. The summed E-state index contributed by atoms with van der Waals surface area (Å²) in [6.45, 7) is 1.10. The van der Waals surface area contributed by atoms with Gasteiger partial charge < -0.3 is 9.55 Å². The molecule has 0 spiro atoms. The largest absolute Gasteiger partial charge is 0.318 e. The van der Waals surface area contributed by atoms with Crippen LogP contribution in [0.2, 0.25) is 0 Å². The van der Waals surface area contributed by atoms with Crippen molar-refractivity contribution < 1.29 is 0 Å². The Labute approximate surface area is 217 Å². The molecule has 3 saturated carbocycles. The fourth-order valence-electron chi connectivity index (χ4n) is 8.39. The van der Waals surface area contributed by atoms with Gasteiger partial charge >= 0.3 is 0 Å². The minimum Gasteiger partial charge on any atom is -0.318 e. The van der Waals surface area contributed by atoms with Crippen LogP contribution in [0, 0.1) is 17.8 Å². The maximum Gasteiger partial charge on any atom is 0.279 e. The molecule has 194 valence electrons. The summed E-state index contributed by atoms with van der Waals surface area (Å²) in [7, 11) is 0. The summed E-state index contributed by atoms with van der Waals surface area (Å²) in [5.74, 6) is 2.30. The van der Waals surface area contributed by atoms with E-state index in [1.54, 1.807) is 0 Å². The van der Waals surface area contributed by atoms with Crippen LogP contribution in [-0.2, 0) is 0 Å². The van der Waals surface area contributed by atoms with E-state index in [4.69, 9.17) is 4.98 Å². The highest BCUT2D eigenvalue weighted by Gasteiger charge is 2.44. The van der Waals surface area contributed by atoms with Gasteiger partial charge in [0.1, 0.15) is 0 Å². The van der Waals surface area contributed by atoms with Crippen LogP contribution in [0.3, 0.4) is 0 Å². The molecule has 4 heterocycles. The second kappa shape index (κ2) is 9.50. The summed E-state index contributed by atoms with van der Waals surface area (Å²) in [5, 5.41) is 0. The fourth-order valence-corrected chi connectivity index (χ4v) is 8.39. The molecular formula is C30H37N5O2. The van der Waals surface area contributed by atoms with E-state index < -0.39 is 0 Å². The van der Waals surface area contributed by atoms with E-state index in [1.165, 1.54) is 70.2 Å². The van der Waals surface area contributed by atoms with Crippen molar-refractivity contribution in [2.75, 3.05) is 6.54 Å². The number of para-hydroxylation sites is 2. The summed E-state index contributed by atoms with van der Waals surface area (Å²) >= 11 is 0. The highest BCUT2D eigenvalue weighted by Crippen LogP contribution is 2.46. The molecule has 2 aliphatic heterocycles. The van der Waals surface area contributed by atoms with Crippen LogP contribution >= 0.6 is 0 Å². The lowest BCUT2D eigenvalue weighted by atomic mass is 9.68. The fraction of sp³-hybridized carbons (Fsp3) is 0.600. The van der Waals surface area contributed by atoms with Gasteiger partial charge in [0, 0.05) is 24.7 Å². The van der Waals surface area contributed by atoms with Gasteiger partial charge in [0.15, 0.2) is 5.69 Å². The average Bonchev–Trinajstić information content (AvgIpc) is 2.88. The number of nitrogens with zero attached hydrogens (tertiary/aromatic N) is 4. The molecule has 1 aromatic carbocycles. The SMILES string of the molecule is O=c1cncc(-c2nc3ccccc3n(C3CC4CCCCC3CN4C3CC4CCCC(C4)C3)c2=O)[nH]1. The number of nitrogens with one attached hydrogen (secondary N) is 1. The number of hydrogen-bond donors (Lipinski definition) is 1. The first-order chi connectivity index (χ1) is 18.1. The predicted octanol–water partition coefficient (Wildman–Crippen LogP) is 4.92. The molecule has 7 nitrogen and oxygen atoms in total. The molecule has 3 aromatic rings. The van der Waals surface area contributed by atoms with Crippen LogP contribution in [0.1, 0.15) is 76.7 Å². The molecule has 37 heavy (non-hydrogen) atoms. The van der Waals surface area contributed by atoms with Gasteiger partial charge in [-0.15, -0.1) is 0 Å². The minimum atomic E-state index is -0.323. The third-order valence-electron chi connectivity index (χ3n) is 9.94. The highest BCUT2D eigenvalue weighted by molar-refractivity contribution is 5.77. The van der Waals surface area contributed by atoms with Crippen molar-refractivity contribution in [3.05, 3.63) is 57.4 Å². The Morgan fingerprint density at radius 2 is 1.65 bits per heavy atom. The van der Waals surface area contributed by atoms with E-state index in [0.29, 0.717) is 23.3 Å². The molecule has 1 N–H and O–H groups in total. The van der Waals surface area contributed by atoms with E-state index in [-0.39, 0.29) is 17.2 Å². The monoisotopic (exact) mass is 499 g/mol. The van der Waals surface area contributed by atoms with Crippen LogP contribution in [0.15, 0.2) is 46.2 Å². The maximum absolute atomic E-state index is 14.1. The Morgan fingerprint density at radius 3 is 2.49 bits per heavy atom. The number of benzene rings is 1. The molecule has 5 fully saturated rings. The zero-order chi connectivity index (χ0) is 24.9. The molecule has 4 bridgehead atoms. The maximum atomic E-state index is 14.1. The van der Waals surface area contributed by atoms with Crippen molar-refractivity contribution in [3.8, 4) is 11.4 Å². The summed E-state index contributed by atoms with van der Waals surface area (Å²) < 4.78 is 2.04. The van der Waals surface area contributed by atoms with Crippen LogP contribution < -0.4 is 11.1 Å². The van der Waals surface area contributed by atoms with Crippen LogP contribution in [0.25, 0.3) is 22.4 Å². The molecule has 0 amide bonds. The number of hydrogen-bond acceptors (Lipinski definition) is 5. The molecule has 5 aliphatic rings. The molecule has 5 unspecified atom stereocenters. The number of aromatic amines is 1. The quantitative estimate of drug-likeness (QED) is 0.553. The lowest BCUT2D eigenvalue weighted by molar-refractivity contribution is -0.0232. The highest BCUT2D eigenvalue weighted by atomic mass is 16.1. The summed E-state index contributed by atoms with van der Waals surface area (Å²) in [6.07, 6.45) is 17.2. The van der Waals surface area contributed by atoms with Gasteiger partial charge in [-0.05, 0) is 68.4 Å². The molecular weight excluding hydrogens is 462 g/mol. The Morgan fingerprint density at radius 1 is 0.838 bits per heavy atom. The summed E-state index contributed by atoms with van der Waals surface area (Å²) in [5.41, 5.74) is 1.94. The van der Waals surface area contributed by atoms with Crippen LogP contribution in [-0.4, -0.2) is 43.0 Å². The van der Waals surface area contributed by atoms with Gasteiger partial charge in [0.25, 0.3) is 11.1 Å². The van der Waals surface area contributed by atoms with Gasteiger partial charge in [-0.3, -0.25) is 19.5 Å². The van der Waals surface area contributed by atoms with Crippen molar-refractivity contribution in [3.63, 3.8) is 0 Å². The topological polar surface area (TPSA) is 83.9 Å². The predicted molar refractivity (Wildman–Crippen MR) is 144 cm³/mol. The Kier molecular flexibility index (Phi) is 5.99. The smallest absolute Gasteiger partial charge is 0.279 e. The van der Waals surface area contributed by atoms with Crippen LogP contribution in [0.5, 0.6) is 0 Å². The summed E-state index contributed by atoms with van der Waals surface area (Å²) in [4.78, 5) is 40.6. The first-order valence-corrected chi connectivity index (χ1v) is 14.5. The molecule has 7 heteroatoms. The second-order valence-corrected chi connectivity index (χ2v) is 12.2. The standard InChI is InChI=1S/C30H37N5O2/c36-28-17-31-16-25(32-28)29-30(37)35(26-11-4-3-10-24(26)33-29)27-15-22-9-2-1-8-21(27)18-34(22)23-13-19-6-5-7-20(12-19)14-23/h3-4,10-11,16-17,19-23,27H,1-2,5-9,12-15,18H2,(H,32,36). The van der Waals surface area contributed by atoms with Crippen LogP contribution in [0.4, 0.5) is 0 Å². The first kappa shape index (κ1) is 23.3. The Balaban J connectivity index is 1.29. The number of H-pyrrole nitrogens is 1. The average molecular weight is 500 g/mol. The van der Waals surface area contributed by atoms with E-state index in [2.05, 4.69) is 14.9 Å². The van der Waals surface area contributed by atoms with Gasteiger partial charge in [-0.25, -0.2) is 4.98 Å². The molecule has 0 radical (unpaired) electrons. The number of piperidine rings is 1. The van der Waals surface area contributed by atoms with Crippen molar-refractivity contribution >= 4 is 11.0 Å². The van der Waals surface area contributed by atoms with Gasteiger partial charge in [0.05, 0.1) is 29.1 Å². The van der Waals surface area contributed by atoms with E-state index in [9.17, 15) is 9.59 Å². The number of rotatable bonds is 3. The zero-order valence-corrected chi connectivity index (χ0v) is 21.5. The zero-order valence-electron chi connectivity index (χ0n) is 21.5. The number of fused-ring (bicyclic) bond motifs is 8. The molecule has 8 rings (SSSR count). The van der Waals surface area contributed by atoms with Gasteiger partial charge in [-0.1, -0.05) is 44.2 Å². The summed E-state index contributed by atoms with van der Waals surface area (Å²) in [6, 6.07) is 9.37. The molecule has 2 saturated heterocycles. The van der Waals surface area contributed by atoms with Gasteiger partial charge in [-0.2, -0.15) is 0 Å². The van der Waals surface area contributed by atoms with Crippen molar-refractivity contribution in [2.24, 2.45) is 17.8 Å². The van der Waals surface area contributed by atoms with Gasteiger partial charge in [0.2, 0.25) is 0 Å². The van der Waals surface area contributed by atoms with Crippen molar-refractivity contribution in [1.82, 2.24) is 24.4 Å². The lowest BCUT2D eigenvalue weighted by Gasteiger charge is -2.53. The van der Waals surface area contributed by atoms with E-state index >= 15 is 0 Å². The first-order valence-electron chi connectivity index (χ1n) is 14.5. The molecule has 3 aliphatic carbocycles. The van der Waals surface area contributed by atoms with Crippen molar-refractivity contribution in [2.45, 2.75) is 88.8 Å². The molecule has 5 atom stereocenters. The van der Waals surface area contributed by atoms with E-state index in [1.807, 2.05) is 28.8 Å². The lowest BCUT2D eigenvalue weighted by Crippen LogP contribution is -2.56. The van der Waals surface area contributed by atoms with Crippen molar-refractivity contribution in [1.29, 1.82) is 0 Å². The minimum absolute atomic E-state index is 0.114. The third-order valence-corrected chi connectivity index (χ3v) is 9.94. The number of aromatic nitrogens is 4. The Hall–Kier alpha value is -2.80. The third kappa shape index (κ3) is 4.25.